The molecule has 1 N–H and O–H groups in total. The van der Waals surface area contributed by atoms with Gasteiger partial charge >= 0.3 is 0 Å². The molecular formula is C20H22N4OS. The average Bonchev–Trinajstić information content (AvgIpc) is 3.21. The molecule has 1 heterocycles. The Morgan fingerprint density at radius 1 is 1.12 bits per heavy atom. The highest BCUT2D eigenvalue weighted by molar-refractivity contribution is 7.99. The minimum absolute atomic E-state index is 0.0490. The fourth-order valence-corrected chi connectivity index (χ4v) is 3.40. The van der Waals surface area contributed by atoms with Crippen LogP contribution in [0.25, 0.3) is 5.69 Å². The second-order valence-corrected chi connectivity index (χ2v) is 7.43. The first-order valence-corrected chi connectivity index (χ1v) is 9.59. The van der Waals surface area contributed by atoms with E-state index in [1.54, 1.807) is 22.8 Å². The summed E-state index contributed by atoms with van der Waals surface area (Å²) in [6, 6.07) is 18.1. The summed E-state index contributed by atoms with van der Waals surface area (Å²) < 4.78 is 1.70. The van der Waals surface area contributed by atoms with Gasteiger partial charge in [-0.3, -0.25) is 4.79 Å². The van der Waals surface area contributed by atoms with Crippen molar-refractivity contribution in [3.63, 3.8) is 0 Å². The zero-order valence-electron chi connectivity index (χ0n) is 14.9. The number of nitrogens with one attached hydrogen (secondary N) is 1. The van der Waals surface area contributed by atoms with Gasteiger partial charge in [0.2, 0.25) is 5.91 Å². The van der Waals surface area contributed by atoms with E-state index in [1.807, 2.05) is 56.3 Å². The lowest BCUT2D eigenvalue weighted by Crippen LogP contribution is -2.33. The van der Waals surface area contributed by atoms with Crippen molar-refractivity contribution in [1.29, 1.82) is 0 Å². The van der Waals surface area contributed by atoms with Crippen molar-refractivity contribution >= 4 is 17.7 Å². The topological polar surface area (TPSA) is 59.8 Å². The van der Waals surface area contributed by atoms with Crippen LogP contribution >= 0.6 is 11.8 Å². The summed E-state index contributed by atoms with van der Waals surface area (Å²) in [6.07, 6.45) is 3.16. The Morgan fingerprint density at radius 3 is 2.50 bits per heavy atom. The maximum absolute atomic E-state index is 12.4. The molecule has 0 saturated carbocycles. The van der Waals surface area contributed by atoms with E-state index in [0.717, 1.165) is 17.0 Å². The monoisotopic (exact) mass is 366 g/mol. The van der Waals surface area contributed by atoms with Crippen molar-refractivity contribution in [3.05, 3.63) is 78.4 Å². The summed E-state index contributed by atoms with van der Waals surface area (Å²) in [7, 11) is 0. The van der Waals surface area contributed by atoms with Crippen molar-refractivity contribution in [2.24, 2.45) is 0 Å². The lowest BCUT2D eigenvalue weighted by Gasteiger charge is -2.18. The predicted molar refractivity (Wildman–Crippen MR) is 105 cm³/mol. The Bertz CT molecular complexity index is 819. The van der Waals surface area contributed by atoms with Gasteiger partial charge < -0.3 is 5.32 Å². The lowest BCUT2D eigenvalue weighted by atomic mass is 10.1. The Hall–Kier alpha value is -2.60. The summed E-state index contributed by atoms with van der Waals surface area (Å²) in [4.78, 5) is 16.4. The first-order chi connectivity index (χ1) is 12.6. The van der Waals surface area contributed by atoms with Crippen LogP contribution in [0.1, 0.15) is 31.0 Å². The third-order valence-electron chi connectivity index (χ3n) is 4.15. The fraction of sp³-hybridized carbons (Fsp3) is 0.250. The number of thioether (sulfide) groups is 1. The molecule has 0 unspecified atom stereocenters. The maximum atomic E-state index is 12.4. The van der Waals surface area contributed by atoms with Crippen LogP contribution in [0.4, 0.5) is 0 Å². The second kappa shape index (κ2) is 8.67. The number of hydrogen-bond donors (Lipinski definition) is 1. The van der Waals surface area contributed by atoms with Crippen molar-refractivity contribution < 1.29 is 4.79 Å². The quantitative estimate of drug-likeness (QED) is 0.691. The van der Waals surface area contributed by atoms with Gasteiger partial charge in [0.1, 0.15) is 12.7 Å². The van der Waals surface area contributed by atoms with Gasteiger partial charge in [0.15, 0.2) is 0 Å². The van der Waals surface area contributed by atoms with Crippen molar-refractivity contribution in [3.8, 4) is 5.69 Å². The SMILES string of the molecule is C[C@H](SCc1ccccc1)C(=O)N[C@@H](C)c1ccc(-n2cncn2)cc1. The molecule has 0 aliphatic carbocycles. The van der Waals surface area contributed by atoms with Gasteiger partial charge in [-0.2, -0.15) is 5.10 Å². The molecule has 0 aliphatic heterocycles. The van der Waals surface area contributed by atoms with E-state index in [9.17, 15) is 4.79 Å². The van der Waals surface area contributed by atoms with Gasteiger partial charge in [-0.25, -0.2) is 9.67 Å². The van der Waals surface area contributed by atoms with E-state index < -0.39 is 0 Å². The molecule has 0 aliphatic rings. The standard InChI is InChI=1S/C20H22N4OS/c1-15(18-8-10-19(11-9-18)24-14-21-13-22-24)23-20(25)16(2)26-12-17-6-4-3-5-7-17/h3-11,13-16H,12H2,1-2H3,(H,23,25)/t15-,16-/m0/s1. The van der Waals surface area contributed by atoms with E-state index in [4.69, 9.17) is 0 Å². The lowest BCUT2D eigenvalue weighted by molar-refractivity contribution is -0.120. The van der Waals surface area contributed by atoms with Crippen LogP contribution in [0.2, 0.25) is 0 Å². The molecule has 0 saturated heterocycles. The van der Waals surface area contributed by atoms with Crippen molar-refractivity contribution in [2.75, 3.05) is 0 Å². The van der Waals surface area contributed by atoms with Crippen molar-refractivity contribution in [2.45, 2.75) is 30.9 Å². The number of amides is 1. The maximum Gasteiger partial charge on any atom is 0.233 e. The minimum Gasteiger partial charge on any atom is -0.349 e. The summed E-state index contributed by atoms with van der Waals surface area (Å²) in [6.45, 7) is 3.94. The molecule has 3 rings (SSSR count). The molecule has 3 aromatic rings. The zero-order chi connectivity index (χ0) is 18.4. The second-order valence-electron chi connectivity index (χ2n) is 6.10. The molecule has 2 aromatic carbocycles. The highest BCUT2D eigenvalue weighted by atomic mass is 32.2. The molecule has 134 valence electrons. The van der Waals surface area contributed by atoms with E-state index in [0.29, 0.717) is 0 Å². The van der Waals surface area contributed by atoms with Gasteiger partial charge in [0, 0.05) is 5.75 Å². The largest absolute Gasteiger partial charge is 0.349 e. The normalized spacial score (nSPS) is 13.2. The molecule has 0 spiro atoms. The number of hydrogen-bond acceptors (Lipinski definition) is 4. The first kappa shape index (κ1) is 18.2. The van der Waals surface area contributed by atoms with Crippen molar-refractivity contribution in [1.82, 2.24) is 20.1 Å². The minimum atomic E-state index is -0.105. The Morgan fingerprint density at radius 2 is 1.85 bits per heavy atom. The predicted octanol–water partition coefficient (Wildman–Crippen LogP) is 3.77. The van der Waals surface area contributed by atoms with Crippen LogP contribution in [-0.4, -0.2) is 25.9 Å². The molecule has 0 radical (unpaired) electrons. The highest BCUT2D eigenvalue weighted by Crippen LogP contribution is 2.20. The number of rotatable bonds is 7. The Labute approximate surface area is 157 Å². The number of aromatic nitrogens is 3. The molecule has 6 heteroatoms. The van der Waals surface area contributed by atoms with Gasteiger partial charge in [-0.15, -0.1) is 11.8 Å². The van der Waals surface area contributed by atoms with Gasteiger partial charge in [0.05, 0.1) is 17.0 Å². The van der Waals surface area contributed by atoms with Gasteiger partial charge in [-0.05, 0) is 37.1 Å². The Balaban J connectivity index is 1.53. The zero-order valence-corrected chi connectivity index (χ0v) is 15.7. The van der Waals surface area contributed by atoms with Crippen LogP contribution < -0.4 is 5.32 Å². The number of carbonyl (C=O) groups excluding carboxylic acids is 1. The van der Waals surface area contributed by atoms with Gasteiger partial charge in [-0.1, -0.05) is 42.5 Å². The molecule has 0 bridgehead atoms. The Kier molecular flexibility index (Phi) is 6.07. The number of benzene rings is 2. The third-order valence-corrected chi connectivity index (χ3v) is 5.36. The number of carbonyl (C=O) groups is 1. The number of nitrogens with zero attached hydrogens (tertiary/aromatic N) is 3. The summed E-state index contributed by atoms with van der Waals surface area (Å²) in [5, 5.41) is 7.10. The van der Waals surface area contributed by atoms with E-state index >= 15 is 0 Å². The molecule has 1 amide bonds. The first-order valence-electron chi connectivity index (χ1n) is 8.54. The molecule has 26 heavy (non-hydrogen) atoms. The highest BCUT2D eigenvalue weighted by Gasteiger charge is 2.16. The van der Waals surface area contributed by atoms with Crippen LogP contribution in [0.3, 0.4) is 0 Å². The molecular weight excluding hydrogens is 344 g/mol. The van der Waals surface area contributed by atoms with E-state index in [-0.39, 0.29) is 17.2 Å². The molecule has 0 fully saturated rings. The third kappa shape index (κ3) is 4.73. The summed E-state index contributed by atoms with van der Waals surface area (Å²) >= 11 is 1.64. The summed E-state index contributed by atoms with van der Waals surface area (Å²) in [5.74, 6) is 0.884. The molecule has 1 aromatic heterocycles. The van der Waals surface area contributed by atoms with Crippen LogP contribution in [0.15, 0.2) is 67.3 Å². The summed E-state index contributed by atoms with van der Waals surface area (Å²) in [5.41, 5.74) is 3.23. The van der Waals surface area contributed by atoms with E-state index in [1.165, 1.54) is 11.9 Å². The molecule has 2 atom stereocenters. The average molecular weight is 366 g/mol. The van der Waals surface area contributed by atoms with Crippen LogP contribution in [0, 0.1) is 0 Å². The smallest absolute Gasteiger partial charge is 0.233 e. The van der Waals surface area contributed by atoms with Gasteiger partial charge in [0.25, 0.3) is 0 Å². The van der Waals surface area contributed by atoms with E-state index in [2.05, 4.69) is 27.5 Å². The fourth-order valence-electron chi connectivity index (χ4n) is 2.54. The van der Waals surface area contributed by atoms with Crippen LogP contribution in [-0.2, 0) is 10.5 Å². The molecule has 5 nitrogen and oxygen atoms in total. The van der Waals surface area contributed by atoms with Crippen LogP contribution in [0.5, 0.6) is 0 Å².